The topological polar surface area (TPSA) is 87.7 Å². The zero-order chi connectivity index (χ0) is 21.6. The smallest absolute Gasteiger partial charge is 0.250 e. The molecule has 0 bridgehead atoms. The van der Waals surface area contributed by atoms with E-state index in [0.717, 1.165) is 0 Å². The average Bonchev–Trinajstić information content (AvgIpc) is 2.74. The summed E-state index contributed by atoms with van der Waals surface area (Å²) in [4.78, 5) is 12.1. The zero-order valence-corrected chi connectivity index (χ0v) is 17.5. The zero-order valence-electron chi connectivity index (χ0n) is 15.9. The highest BCUT2D eigenvalue weighted by atomic mass is 32.2. The normalized spacial score (nSPS) is 15.1. The van der Waals surface area contributed by atoms with Gasteiger partial charge < -0.3 is 10.1 Å². The maximum Gasteiger partial charge on any atom is 0.250 e. The lowest BCUT2D eigenvalue weighted by atomic mass is 10.2. The van der Waals surface area contributed by atoms with Crippen LogP contribution in [0.15, 0.2) is 59.5 Å². The highest BCUT2D eigenvalue weighted by molar-refractivity contribution is 7.89. The maximum absolute atomic E-state index is 12.9. The average molecular weight is 450 g/mol. The van der Waals surface area contributed by atoms with Crippen LogP contribution in [-0.4, -0.2) is 50.0 Å². The monoisotopic (exact) mass is 449 g/mol. The van der Waals surface area contributed by atoms with Crippen LogP contribution in [0.2, 0.25) is 0 Å². The van der Waals surface area contributed by atoms with Gasteiger partial charge in [0.2, 0.25) is 15.9 Å². The summed E-state index contributed by atoms with van der Waals surface area (Å²) in [6.07, 6.45) is 2.81. The minimum atomic E-state index is -3.57. The van der Waals surface area contributed by atoms with Crippen molar-refractivity contribution in [3.8, 4) is 0 Å². The van der Waals surface area contributed by atoms with Gasteiger partial charge in [0.1, 0.15) is 5.82 Å². The maximum atomic E-state index is 12.9. The number of rotatable bonds is 5. The molecule has 0 saturated carbocycles. The molecule has 0 unspecified atom stereocenters. The van der Waals surface area contributed by atoms with E-state index >= 15 is 0 Å². The first-order valence-corrected chi connectivity index (χ1v) is 10.9. The first-order valence-electron chi connectivity index (χ1n) is 9.08. The van der Waals surface area contributed by atoms with Gasteiger partial charge in [-0.25, -0.2) is 12.8 Å². The second kappa shape index (κ2) is 9.90. The van der Waals surface area contributed by atoms with Gasteiger partial charge in [0.15, 0.2) is 5.11 Å². The van der Waals surface area contributed by atoms with E-state index in [4.69, 9.17) is 17.0 Å². The molecule has 3 rings (SSSR count). The third kappa shape index (κ3) is 5.92. The molecular formula is C20H20FN3O4S2. The molecule has 10 heteroatoms. The van der Waals surface area contributed by atoms with Crippen molar-refractivity contribution in [2.24, 2.45) is 0 Å². The van der Waals surface area contributed by atoms with Gasteiger partial charge in [-0.15, -0.1) is 0 Å². The molecule has 1 aliphatic heterocycles. The number of carbonyl (C=O) groups excluding carboxylic acids is 1. The minimum Gasteiger partial charge on any atom is -0.379 e. The summed E-state index contributed by atoms with van der Waals surface area (Å²) in [6.45, 7) is 1.40. The number of sulfonamides is 1. The Morgan fingerprint density at radius 2 is 1.70 bits per heavy atom. The number of thiocarbonyl (C=S) groups is 1. The molecule has 1 aliphatic rings. The van der Waals surface area contributed by atoms with Crippen LogP contribution in [0.1, 0.15) is 5.56 Å². The molecule has 2 aromatic rings. The Labute approximate surface area is 179 Å². The molecule has 30 heavy (non-hydrogen) atoms. The summed E-state index contributed by atoms with van der Waals surface area (Å²) in [5, 5.41) is 5.37. The summed E-state index contributed by atoms with van der Waals surface area (Å²) in [7, 11) is -3.57. The van der Waals surface area contributed by atoms with E-state index in [9.17, 15) is 17.6 Å². The van der Waals surface area contributed by atoms with Crippen LogP contribution >= 0.6 is 12.2 Å². The second-order valence-corrected chi connectivity index (χ2v) is 8.72. The van der Waals surface area contributed by atoms with Crippen LogP contribution in [0.4, 0.5) is 10.1 Å². The predicted octanol–water partition coefficient (Wildman–Crippen LogP) is 2.37. The van der Waals surface area contributed by atoms with Crippen LogP contribution in [0.25, 0.3) is 6.08 Å². The summed E-state index contributed by atoms with van der Waals surface area (Å²) in [5.41, 5.74) is 1.20. The quantitative estimate of drug-likeness (QED) is 0.538. The molecule has 1 fully saturated rings. The number of benzene rings is 2. The highest BCUT2D eigenvalue weighted by Gasteiger charge is 2.26. The Kier molecular flexibility index (Phi) is 7.27. The number of amides is 1. The van der Waals surface area contributed by atoms with Crippen LogP contribution in [0.5, 0.6) is 0 Å². The van der Waals surface area contributed by atoms with Crippen molar-refractivity contribution in [2.75, 3.05) is 31.6 Å². The van der Waals surface area contributed by atoms with Crippen molar-refractivity contribution < 1.29 is 22.3 Å². The lowest BCUT2D eigenvalue weighted by Crippen LogP contribution is -2.40. The third-order valence-electron chi connectivity index (χ3n) is 4.25. The standard InChI is InChI=1S/C20H20FN3O4S2/c21-16-4-1-15(2-5-16)3-10-19(25)23-20(29)22-17-6-8-18(9-7-17)30(26,27)24-11-13-28-14-12-24/h1-10H,11-14H2,(H2,22,23,25,29). The Morgan fingerprint density at radius 1 is 1.07 bits per heavy atom. The largest absolute Gasteiger partial charge is 0.379 e. The number of anilines is 1. The fraction of sp³-hybridized carbons (Fsp3) is 0.200. The molecule has 1 heterocycles. The molecule has 2 N–H and O–H groups in total. The molecule has 0 atom stereocenters. The van der Waals surface area contributed by atoms with Gasteiger partial charge in [0, 0.05) is 24.9 Å². The Balaban J connectivity index is 1.55. The molecule has 7 nitrogen and oxygen atoms in total. The molecule has 0 radical (unpaired) electrons. The van der Waals surface area contributed by atoms with Gasteiger partial charge in [0.05, 0.1) is 18.1 Å². The van der Waals surface area contributed by atoms with Crippen LogP contribution in [0, 0.1) is 5.82 Å². The van der Waals surface area contributed by atoms with Gasteiger partial charge >= 0.3 is 0 Å². The molecule has 158 valence electrons. The number of morpholine rings is 1. The van der Waals surface area contributed by atoms with Crippen molar-refractivity contribution in [1.82, 2.24) is 9.62 Å². The van der Waals surface area contributed by atoms with Gasteiger partial charge in [-0.2, -0.15) is 4.31 Å². The lowest BCUT2D eigenvalue weighted by Gasteiger charge is -2.26. The van der Waals surface area contributed by atoms with Gasteiger partial charge in [0.25, 0.3) is 0 Å². The number of carbonyl (C=O) groups is 1. The van der Waals surface area contributed by atoms with E-state index in [0.29, 0.717) is 37.6 Å². The molecule has 0 aromatic heterocycles. The summed E-state index contributed by atoms with van der Waals surface area (Å²) < 4.78 is 44.7. The first kappa shape index (κ1) is 22.0. The number of nitrogens with zero attached hydrogens (tertiary/aromatic N) is 1. The first-order chi connectivity index (χ1) is 14.3. The highest BCUT2D eigenvalue weighted by Crippen LogP contribution is 2.19. The van der Waals surface area contributed by atoms with E-state index < -0.39 is 15.9 Å². The van der Waals surface area contributed by atoms with E-state index in [-0.39, 0.29) is 15.8 Å². The number of ether oxygens (including phenoxy) is 1. The summed E-state index contributed by atoms with van der Waals surface area (Å²) in [5.74, 6) is -0.811. The fourth-order valence-electron chi connectivity index (χ4n) is 2.71. The van der Waals surface area contributed by atoms with Gasteiger partial charge in [-0.3, -0.25) is 10.1 Å². The SMILES string of the molecule is O=C(C=Cc1ccc(F)cc1)NC(=S)Nc1ccc(S(=O)(=O)N2CCOCC2)cc1. The Morgan fingerprint density at radius 3 is 2.33 bits per heavy atom. The van der Waals surface area contributed by atoms with Crippen molar-refractivity contribution in [3.63, 3.8) is 0 Å². The molecular weight excluding hydrogens is 429 g/mol. The Hall–Kier alpha value is -2.66. The second-order valence-electron chi connectivity index (χ2n) is 6.37. The third-order valence-corrected chi connectivity index (χ3v) is 6.37. The van der Waals surface area contributed by atoms with E-state index in [1.54, 1.807) is 24.3 Å². The minimum absolute atomic E-state index is 0.0625. The van der Waals surface area contributed by atoms with E-state index in [1.807, 2.05) is 0 Å². The lowest BCUT2D eigenvalue weighted by molar-refractivity contribution is -0.115. The van der Waals surface area contributed by atoms with Gasteiger partial charge in [-0.05, 0) is 60.3 Å². The number of halogens is 1. The summed E-state index contributed by atoms with van der Waals surface area (Å²) in [6, 6.07) is 11.8. The number of hydrogen-bond acceptors (Lipinski definition) is 5. The van der Waals surface area contributed by atoms with E-state index in [2.05, 4.69) is 10.6 Å². The van der Waals surface area contributed by atoms with Crippen molar-refractivity contribution in [3.05, 3.63) is 66.0 Å². The van der Waals surface area contributed by atoms with Crippen LogP contribution in [-0.2, 0) is 19.6 Å². The number of hydrogen-bond donors (Lipinski definition) is 2. The van der Waals surface area contributed by atoms with Crippen LogP contribution in [0.3, 0.4) is 0 Å². The molecule has 0 spiro atoms. The number of nitrogens with one attached hydrogen (secondary N) is 2. The fourth-order valence-corrected chi connectivity index (χ4v) is 4.33. The van der Waals surface area contributed by atoms with Crippen molar-refractivity contribution in [2.45, 2.75) is 4.90 Å². The molecule has 1 amide bonds. The van der Waals surface area contributed by atoms with Crippen molar-refractivity contribution in [1.29, 1.82) is 0 Å². The predicted molar refractivity (Wildman–Crippen MR) is 116 cm³/mol. The Bertz CT molecular complexity index is 1030. The summed E-state index contributed by atoms with van der Waals surface area (Å²) >= 11 is 5.10. The van der Waals surface area contributed by atoms with Crippen molar-refractivity contribution >= 4 is 45.0 Å². The molecule has 1 saturated heterocycles. The molecule has 0 aliphatic carbocycles. The van der Waals surface area contributed by atoms with E-state index in [1.165, 1.54) is 40.7 Å². The molecule has 2 aromatic carbocycles. The van der Waals surface area contributed by atoms with Crippen LogP contribution < -0.4 is 10.6 Å². The van der Waals surface area contributed by atoms with Gasteiger partial charge in [-0.1, -0.05) is 12.1 Å².